The fraction of sp³-hybridized carbons (Fsp3) is 0.389. The highest BCUT2D eigenvalue weighted by molar-refractivity contribution is 6.02. The van der Waals surface area contributed by atoms with Gasteiger partial charge in [0.2, 0.25) is 17.7 Å². The van der Waals surface area contributed by atoms with Crippen LogP contribution in [0.4, 0.5) is 0 Å². The minimum absolute atomic E-state index is 0.124. The van der Waals surface area contributed by atoms with Crippen LogP contribution in [0.15, 0.2) is 34.7 Å². The van der Waals surface area contributed by atoms with Crippen LogP contribution < -0.4 is 0 Å². The summed E-state index contributed by atoms with van der Waals surface area (Å²) in [5, 5.41) is 0.994. The number of carbonyl (C=O) groups is 3. The Balaban J connectivity index is 1.64. The molecule has 126 valence electrons. The Hall–Kier alpha value is -2.63. The Morgan fingerprint density at radius 1 is 1.25 bits per heavy atom. The number of amides is 3. The Kier molecular flexibility index (Phi) is 4.38. The maximum absolute atomic E-state index is 12.4. The molecule has 1 aliphatic rings. The molecule has 0 spiro atoms. The van der Waals surface area contributed by atoms with Crippen molar-refractivity contribution in [3.63, 3.8) is 0 Å². The molecule has 6 nitrogen and oxygen atoms in total. The summed E-state index contributed by atoms with van der Waals surface area (Å²) in [6.45, 7) is 2.04. The van der Waals surface area contributed by atoms with Gasteiger partial charge in [0, 0.05) is 38.2 Å². The Labute approximate surface area is 140 Å². The summed E-state index contributed by atoms with van der Waals surface area (Å²) >= 11 is 0. The minimum Gasteiger partial charge on any atom is -0.459 e. The molecule has 3 rings (SSSR count). The van der Waals surface area contributed by atoms with Gasteiger partial charge < -0.3 is 9.32 Å². The number of carbonyl (C=O) groups excluding carboxylic acids is 3. The van der Waals surface area contributed by atoms with Crippen molar-refractivity contribution < 1.29 is 18.8 Å². The van der Waals surface area contributed by atoms with E-state index in [4.69, 9.17) is 4.42 Å². The second-order valence-corrected chi connectivity index (χ2v) is 6.06. The molecule has 1 saturated heterocycles. The van der Waals surface area contributed by atoms with E-state index in [0.717, 1.165) is 11.0 Å². The normalized spacial score (nSPS) is 16.0. The smallest absolute Gasteiger partial charge is 0.229 e. The van der Waals surface area contributed by atoms with Crippen LogP contribution in [0, 0.1) is 0 Å². The lowest BCUT2D eigenvalue weighted by atomic mass is 10.2. The van der Waals surface area contributed by atoms with E-state index in [9.17, 15) is 14.4 Å². The maximum Gasteiger partial charge on any atom is 0.229 e. The van der Waals surface area contributed by atoms with Crippen LogP contribution in [-0.4, -0.2) is 41.1 Å². The Morgan fingerprint density at radius 2 is 1.92 bits per heavy atom. The molecule has 0 radical (unpaired) electrons. The van der Waals surface area contributed by atoms with Gasteiger partial charge in [-0.2, -0.15) is 0 Å². The molecule has 6 heteroatoms. The van der Waals surface area contributed by atoms with Crippen LogP contribution in [0.25, 0.3) is 11.0 Å². The molecule has 1 aromatic carbocycles. The lowest BCUT2D eigenvalue weighted by Crippen LogP contribution is -2.35. The molecule has 1 atom stereocenters. The molecule has 3 amide bonds. The molecule has 1 fully saturated rings. The number of para-hydroxylation sites is 1. The van der Waals surface area contributed by atoms with Crippen molar-refractivity contribution in [2.24, 2.45) is 0 Å². The first kappa shape index (κ1) is 16.2. The third kappa shape index (κ3) is 3.04. The van der Waals surface area contributed by atoms with Gasteiger partial charge in [-0.25, -0.2) is 0 Å². The number of hydrogen-bond acceptors (Lipinski definition) is 4. The Bertz CT molecular complexity index is 746. The van der Waals surface area contributed by atoms with Crippen LogP contribution in [0.3, 0.4) is 0 Å². The van der Waals surface area contributed by atoms with Crippen LogP contribution in [0.1, 0.15) is 38.0 Å². The monoisotopic (exact) mass is 328 g/mol. The van der Waals surface area contributed by atoms with Crippen LogP contribution >= 0.6 is 0 Å². The van der Waals surface area contributed by atoms with Gasteiger partial charge in [-0.15, -0.1) is 0 Å². The van der Waals surface area contributed by atoms with Gasteiger partial charge in [-0.3, -0.25) is 19.3 Å². The third-order valence-electron chi connectivity index (χ3n) is 4.53. The maximum atomic E-state index is 12.4. The average molecular weight is 328 g/mol. The standard InChI is InChI=1S/C18H20N2O4/c1-12(15-11-13-5-3-4-6-14(13)24-15)19(2)16(21)9-10-20-17(22)7-8-18(20)23/h3-6,11-12H,7-10H2,1-2H3. The predicted molar refractivity (Wildman–Crippen MR) is 88.0 cm³/mol. The highest BCUT2D eigenvalue weighted by Gasteiger charge is 2.30. The highest BCUT2D eigenvalue weighted by Crippen LogP contribution is 2.27. The summed E-state index contributed by atoms with van der Waals surface area (Å²) in [5.74, 6) is 0.192. The molecule has 1 aromatic heterocycles. The van der Waals surface area contributed by atoms with E-state index in [0.29, 0.717) is 5.76 Å². The molecule has 0 aliphatic carbocycles. The molecule has 0 bridgehead atoms. The summed E-state index contributed by atoms with van der Waals surface area (Å²) in [7, 11) is 1.70. The number of benzene rings is 1. The van der Waals surface area contributed by atoms with E-state index >= 15 is 0 Å². The fourth-order valence-electron chi connectivity index (χ4n) is 2.87. The lowest BCUT2D eigenvalue weighted by Gasteiger charge is -2.24. The zero-order valence-electron chi connectivity index (χ0n) is 13.8. The van der Waals surface area contributed by atoms with Gasteiger partial charge in [0.05, 0.1) is 6.04 Å². The van der Waals surface area contributed by atoms with Crippen molar-refractivity contribution in [1.29, 1.82) is 0 Å². The second kappa shape index (κ2) is 6.47. The van der Waals surface area contributed by atoms with E-state index in [2.05, 4.69) is 0 Å². The first-order valence-corrected chi connectivity index (χ1v) is 8.04. The average Bonchev–Trinajstić information content (AvgIpc) is 3.15. The molecule has 2 aromatic rings. The first-order valence-electron chi connectivity index (χ1n) is 8.04. The van der Waals surface area contributed by atoms with Crippen LogP contribution in [0.2, 0.25) is 0 Å². The van der Waals surface area contributed by atoms with Crippen LogP contribution in [0.5, 0.6) is 0 Å². The minimum atomic E-state index is -0.227. The van der Waals surface area contributed by atoms with Crippen LogP contribution in [-0.2, 0) is 14.4 Å². The summed E-state index contributed by atoms with van der Waals surface area (Å²) in [6.07, 6.45) is 0.620. The Morgan fingerprint density at radius 3 is 2.58 bits per heavy atom. The third-order valence-corrected chi connectivity index (χ3v) is 4.53. The summed E-state index contributed by atoms with van der Waals surface area (Å²) < 4.78 is 5.80. The number of fused-ring (bicyclic) bond motifs is 1. The van der Waals surface area contributed by atoms with Gasteiger partial charge in [0.25, 0.3) is 0 Å². The number of nitrogens with zero attached hydrogens (tertiary/aromatic N) is 2. The lowest BCUT2D eigenvalue weighted by molar-refractivity contribution is -0.139. The number of imide groups is 1. The summed E-state index contributed by atoms with van der Waals surface area (Å²) in [4.78, 5) is 38.3. The van der Waals surface area contributed by atoms with Crippen molar-refractivity contribution >= 4 is 28.7 Å². The van der Waals surface area contributed by atoms with E-state index in [1.165, 1.54) is 4.90 Å². The second-order valence-electron chi connectivity index (χ2n) is 6.06. The van der Waals surface area contributed by atoms with E-state index in [-0.39, 0.29) is 49.6 Å². The first-order chi connectivity index (χ1) is 11.5. The molecule has 0 N–H and O–H groups in total. The van der Waals surface area contributed by atoms with Gasteiger partial charge in [0.1, 0.15) is 11.3 Å². The number of likely N-dealkylation sites (tertiary alicyclic amines) is 1. The van der Waals surface area contributed by atoms with Crippen molar-refractivity contribution in [2.75, 3.05) is 13.6 Å². The molecule has 2 heterocycles. The van der Waals surface area contributed by atoms with Crippen molar-refractivity contribution in [1.82, 2.24) is 9.80 Å². The topological polar surface area (TPSA) is 70.8 Å². The molecule has 1 aliphatic heterocycles. The van der Waals surface area contributed by atoms with Gasteiger partial charge >= 0.3 is 0 Å². The molecule has 1 unspecified atom stereocenters. The van der Waals surface area contributed by atoms with Gasteiger partial charge in [0.15, 0.2) is 0 Å². The van der Waals surface area contributed by atoms with E-state index in [1.807, 2.05) is 37.3 Å². The van der Waals surface area contributed by atoms with E-state index < -0.39 is 0 Å². The summed E-state index contributed by atoms with van der Waals surface area (Å²) in [5.41, 5.74) is 0.786. The quantitative estimate of drug-likeness (QED) is 0.791. The zero-order chi connectivity index (χ0) is 17.3. The SMILES string of the molecule is CC(c1cc2ccccc2o1)N(C)C(=O)CCN1C(=O)CCC1=O. The van der Waals surface area contributed by atoms with Gasteiger partial charge in [-0.1, -0.05) is 18.2 Å². The van der Waals surface area contributed by atoms with Crippen molar-refractivity contribution in [2.45, 2.75) is 32.2 Å². The number of hydrogen-bond donors (Lipinski definition) is 0. The number of rotatable bonds is 5. The fourth-order valence-corrected chi connectivity index (χ4v) is 2.87. The predicted octanol–water partition coefficient (Wildman–Crippen LogP) is 2.49. The van der Waals surface area contributed by atoms with Gasteiger partial charge in [-0.05, 0) is 19.1 Å². The highest BCUT2D eigenvalue weighted by atomic mass is 16.3. The molecular formula is C18H20N2O4. The molecule has 0 saturated carbocycles. The zero-order valence-corrected chi connectivity index (χ0v) is 13.8. The van der Waals surface area contributed by atoms with Crippen molar-refractivity contribution in [3.8, 4) is 0 Å². The molecule has 24 heavy (non-hydrogen) atoms. The molecular weight excluding hydrogens is 308 g/mol. The van der Waals surface area contributed by atoms with E-state index in [1.54, 1.807) is 11.9 Å². The van der Waals surface area contributed by atoms with Crippen molar-refractivity contribution in [3.05, 3.63) is 36.1 Å². The summed E-state index contributed by atoms with van der Waals surface area (Å²) in [6, 6.07) is 9.39. The largest absolute Gasteiger partial charge is 0.459 e. The number of furan rings is 1.